The minimum atomic E-state index is -0.248. The van der Waals surface area contributed by atoms with E-state index in [9.17, 15) is 9.59 Å². The third kappa shape index (κ3) is 6.83. The van der Waals surface area contributed by atoms with E-state index < -0.39 is 0 Å². The van der Waals surface area contributed by atoms with Crippen LogP contribution in [-0.4, -0.2) is 35.1 Å². The predicted octanol–water partition coefficient (Wildman–Crippen LogP) is -1.77. The molecule has 0 aromatic heterocycles. The van der Waals surface area contributed by atoms with E-state index in [0.717, 1.165) is 5.01 Å². The summed E-state index contributed by atoms with van der Waals surface area (Å²) in [6.07, 6.45) is 1.73. The lowest BCUT2D eigenvalue weighted by molar-refractivity contribution is -0.132. The quantitative estimate of drug-likeness (QED) is 0.174. The summed E-state index contributed by atoms with van der Waals surface area (Å²) >= 11 is 0. The van der Waals surface area contributed by atoms with Gasteiger partial charge in [-0.25, -0.2) is 11.7 Å². The molecule has 0 saturated carbocycles. The van der Waals surface area contributed by atoms with Crippen molar-refractivity contribution in [1.29, 1.82) is 0 Å². The summed E-state index contributed by atoms with van der Waals surface area (Å²) in [5, 5.41) is 9.50. The highest BCUT2D eigenvalue weighted by Gasteiger charge is 2.08. The number of carbonyl (C=O) groups is 2. The van der Waals surface area contributed by atoms with Gasteiger partial charge < -0.3 is 5.11 Å². The van der Waals surface area contributed by atoms with Crippen molar-refractivity contribution in [2.24, 2.45) is 11.7 Å². The Balaban J connectivity index is 3.50. The fourth-order valence-corrected chi connectivity index (χ4v) is 1.01. The van der Waals surface area contributed by atoms with Crippen LogP contribution in [0.5, 0.6) is 0 Å². The molecule has 7 heteroatoms. The van der Waals surface area contributed by atoms with E-state index in [1.165, 1.54) is 0 Å². The predicted molar refractivity (Wildman–Crippen MR) is 53.8 cm³/mol. The summed E-state index contributed by atoms with van der Waals surface area (Å²) < 4.78 is 0. The Morgan fingerprint density at radius 2 is 1.87 bits per heavy atom. The molecule has 0 rings (SSSR count). The van der Waals surface area contributed by atoms with Crippen molar-refractivity contribution >= 4 is 11.8 Å². The molecule has 0 aromatic carbocycles. The second kappa shape index (κ2) is 8.16. The van der Waals surface area contributed by atoms with Crippen LogP contribution in [0.4, 0.5) is 0 Å². The van der Waals surface area contributed by atoms with Gasteiger partial charge in [0.25, 0.3) is 0 Å². The molecule has 0 radical (unpaired) electrons. The molecule has 0 aromatic rings. The molecule has 0 unspecified atom stereocenters. The number of hydrazine groups is 2. The van der Waals surface area contributed by atoms with Crippen LogP contribution in [0.25, 0.3) is 0 Å². The van der Waals surface area contributed by atoms with Crippen molar-refractivity contribution in [1.82, 2.24) is 10.4 Å². The number of hydrogen-bond donors (Lipinski definition) is 4. The van der Waals surface area contributed by atoms with Gasteiger partial charge >= 0.3 is 0 Å². The number of aliphatic hydroxyl groups is 1. The zero-order valence-corrected chi connectivity index (χ0v) is 8.61. The lowest BCUT2D eigenvalue weighted by Gasteiger charge is -2.14. The van der Waals surface area contributed by atoms with Crippen molar-refractivity contribution in [3.63, 3.8) is 0 Å². The van der Waals surface area contributed by atoms with E-state index in [1.54, 1.807) is 0 Å². The zero-order chi connectivity index (χ0) is 11.7. The van der Waals surface area contributed by atoms with E-state index in [-0.39, 0.29) is 31.4 Å². The standard InChI is InChI=1S/C8H18N4O3/c9-11-7(14)3-1-2-4-8(15)12(10)5-6-13/h13H,1-6,9-10H2,(H,11,14). The minimum Gasteiger partial charge on any atom is -0.394 e. The van der Waals surface area contributed by atoms with Gasteiger partial charge in [-0.3, -0.25) is 20.0 Å². The molecule has 0 aliphatic carbocycles. The molecule has 0 aliphatic heterocycles. The third-order valence-corrected chi connectivity index (χ3v) is 1.87. The number of nitrogens with one attached hydrogen (secondary N) is 1. The van der Waals surface area contributed by atoms with Crippen LogP contribution in [0.3, 0.4) is 0 Å². The van der Waals surface area contributed by atoms with Crippen molar-refractivity contribution < 1.29 is 14.7 Å². The van der Waals surface area contributed by atoms with Crippen LogP contribution in [0, 0.1) is 0 Å². The smallest absolute Gasteiger partial charge is 0.236 e. The third-order valence-electron chi connectivity index (χ3n) is 1.87. The maximum atomic E-state index is 11.2. The molecular weight excluding hydrogens is 200 g/mol. The van der Waals surface area contributed by atoms with Crippen LogP contribution in [0.15, 0.2) is 0 Å². The number of aliphatic hydroxyl groups excluding tert-OH is 1. The molecule has 0 atom stereocenters. The molecule has 0 aliphatic rings. The van der Waals surface area contributed by atoms with Gasteiger partial charge in [-0.05, 0) is 12.8 Å². The summed E-state index contributed by atoms with van der Waals surface area (Å²) in [5.41, 5.74) is 2.00. The first-order valence-corrected chi connectivity index (χ1v) is 4.77. The first-order valence-electron chi connectivity index (χ1n) is 4.77. The number of nitrogens with two attached hydrogens (primary N) is 2. The summed E-state index contributed by atoms with van der Waals surface area (Å²) in [6.45, 7) is -0.0278. The highest BCUT2D eigenvalue weighted by atomic mass is 16.3. The number of carbonyl (C=O) groups excluding carboxylic acids is 2. The first kappa shape index (κ1) is 13.8. The molecule has 2 amide bonds. The van der Waals surface area contributed by atoms with E-state index in [0.29, 0.717) is 19.3 Å². The lowest BCUT2D eigenvalue weighted by atomic mass is 10.2. The molecule has 0 spiro atoms. The van der Waals surface area contributed by atoms with Gasteiger partial charge in [0.15, 0.2) is 0 Å². The average Bonchev–Trinajstić information content (AvgIpc) is 2.23. The maximum absolute atomic E-state index is 11.2. The van der Waals surface area contributed by atoms with Gasteiger partial charge in [0.05, 0.1) is 13.2 Å². The SMILES string of the molecule is NNC(=O)CCCCC(=O)N(N)CCO. The summed E-state index contributed by atoms with van der Waals surface area (Å²) in [4.78, 5) is 21.9. The van der Waals surface area contributed by atoms with E-state index in [1.807, 2.05) is 5.43 Å². The summed E-state index contributed by atoms with van der Waals surface area (Å²) in [6, 6.07) is 0. The number of hydrogen-bond acceptors (Lipinski definition) is 5. The van der Waals surface area contributed by atoms with Gasteiger partial charge in [-0.1, -0.05) is 0 Å². The van der Waals surface area contributed by atoms with Crippen molar-refractivity contribution in [3.8, 4) is 0 Å². The normalized spacial score (nSPS) is 9.80. The van der Waals surface area contributed by atoms with E-state index in [2.05, 4.69) is 0 Å². The Morgan fingerprint density at radius 3 is 2.40 bits per heavy atom. The Morgan fingerprint density at radius 1 is 1.27 bits per heavy atom. The Hall–Kier alpha value is -1.18. The minimum absolute atomic E-state index is 0.127. The average molecular weight is 218 g/mol. The van der Waals surface area contributed by atoms with Crippen LogP contribution in [0.1, 0.15) is 25.7 Å². The molecular formula is C8H18N4O3. The Labute approximate surface area is 88.3 Å². The van der Waals surface area contributed by atoms with Gasteiger partial charge in [0.2, 0.25) is 11.8 Å². The number of unbranched alkanes of at least 4 members (excludes halogenated alkanes) is 1. The highest BCUT2D eigenvalue weighted by molar-refractivity contribution is 5.76. The zero-order valence-electron chi connectivity index (χ0n) is 8.61. The second-order valence-electron chi connectivity index (χ2n) is 3.09. The Bertz CT molecular complexity index is 210. The Kier molecular flexibility index (Phi) is 7.51. The molecule has 0 bridgehead atoms. The summed E-state index contributed by atoms with van der Waals surface area (Å²) in [5.74, 6) is 9.71. The largest absolute Gasteiger partial charge is 0.394 e. The second-order valence-corrected chi connectivity index (χ2v) is 3.09. The monoisotopic (exact) mass is 218 g/mol. The fraction of sp³-hybridized carbons (Fsp3) is 0.750. The number of nitrogens with zero attached hydrogens (tertiary/aromatic N) is 1. The van der Waals surface area contributed by atoms with Crippen molar-refractivity contribution in [2.75, 3.05) is 13.2 Å². The molecule has 15 heavy (non-hydrogen) atoms. The van der Waals surface area contributed by atoms with Crippen molar-refractivity contribution in [3.05, 3.63) is 0 Å². The maximum Gasteiger partial charge on any atom is 0.236 e. The van der Waals surface area contributed by atoms with E-state index >= 15 is 0 Å². The lowest BCUT2D eigenvalue weighted by Crippen LogP contribution is -2.39. The fourth-order valence-electron chi connectivity index (χ4n) is 1.01. The topological polar surface area (TPSA) is 122 Å². The van der Waals surface area contributed by atoms with Gasteiger partial charge in [0, 0.05) is 12.8 Å². The highest BCUT2D eigenvalue weighted by Crippen LogP contribution is 2.01. The van der Waals surface area contributed by atoms with Crippen molar-refractivity contribution in [2.45, 2.75) is 25.7 Å². The molecule has 0 heterocycles. The van der Waals surface area contributed by atoms with Crippen LogP contribution >= 0.6 is 0 Å². The van der Waals surface area contributed by atoms with Gasteiger partial charge in [0.1, 0.15) is 0 Å². The molecule has 7 nitrogen and oxygen atoms in total. The number of rotatable bonds is 7. The molecule has 0 fully saturated rings. The summed E-state index contributed by atoms with van der Waals surface area (Å²) in [7, 11) is 0. The number of amides is 2. The molecule has 6 N–H and O–H groups in total. The van der Waals surface area contributed by atoms with Crippen LogP contribution < -0.4 is 17.1 Å². The van der Waals surface area contributed by atoms with Gasteiger partial charge in [-0.15, -0.1) is 0 Å². The van der Waals surface area contributed by atoms with Gasteiger partial charge in [-0.2, -0.15) is 0 Å². The van der Waals surface area contributed by atoms with Crippen LogP contribution in [0.2, 0.25) is 0 Å². The molecule has 88 valence electrons. The van der Waals surface area contributed by atoms with Crippen LogP contribution in [-0.2, 0) is 9.59 Å². The van der Waals surface area contributed by atoms with E-state index in [4.69, 9.17) is 16.8 Å². The molecule has 0 saturated heterocycles. The first-order chi connectivity index (χ1) is 7.11.